The molecule has 0 bridgehead atoms. The molecule has 1 aliphatic rings. The van der Waals surface area contributed by atoms with E-state index in [0.29, 0.717) is 6.42 Å². The molecule has 1 aromatic carbocycles. The molecular formula is C15H16N2O. The van der Waals surface area contributed by atoms with Crippen molar-refractivity contribution in [2.45, 2.75) is 19.3 Å². The van der Waals surface area contributed by atoms with E-state index in [2.05, 4.69) is 16.7 Å². The van der Waals surface area contributed by atoms with Crippen LogP contribution in [-0.4, -0.2) is 10.4 Å². The van der Waals surface area contributed by atoms with Gasteiger partial charge in [0.25, 0.3) is 0 Å². The van der Waals surface area contributed by atoms with Gasteiger partial charge in [-0.05, 0) is 36.6 Å². The first-order valence-electron chi connectivity index (χ1n) is 6.24. The molecule has 2 aromatic rings. The van der Waals surface area contributed by atoms with Gasteiger partial charge < -0.3 is 10.3 Å². The Kier molecular flexibility index (Phi) is 2.47. The van der Waals surface area contributed by atoms with Crippen LogP contribution in [0.2, 0.25) is 0 Å². The smallest absolute Gasteiger partial charge is 0.165 e. The number of rotatable bonds is 1. The van der Waals surface area contributed by atoms with Crippen LogP contribution in [0, 0.1) is 0 Å². The fourth-order valence-electron chi connectivity index (χ4n) is 2.65. The second-order valence-electron chi connectivity index (χ2n) is 4.88. The number of allylic oxidation sites excluding steroid dienone is 2. The summed E-state index contributed by atoms with van der Waals surface area (Å²) in [5, 5.41) is 1.15. The molecule has 18 heavy (non-hydrogen) atoms. The molecule has 1 aliphatic carbocycles. The number of aromatic nitrogens is 1. The van der Waals surface area contributed by atoms with Crippen molar-refractivity contribution in [2.75, 3.05) is 0 Å². The quantitative estimate of drug-likeness (QED) is 0.833. The van der Waals surface area contributed by atoms with Gasteiger partial charge in [0.1, 0.15) is 0 Å². The molecule has 0 saturated heterocycles. The van der Waals surface area contributed by atoms with Crippen LogP contribution in [-0.2, 0) is 11.8 Å². The van der Waals surface area contributed by atoms with Crippen LogP contribution in [0.4, 0.5) is 0 Å². The van der Waals surface area contributed by atoms with E-state index in [1.807, 2.05) is 25.4 Å². The van der Waals surface area contributed by atoms with E-state index in [1.54, 1.807) is 0 Å². The van der Waals surface area contributed by atoms with Crippen LogP contribution >= 0.6 is 0 Å². The highest BCUT2D eigenvalue weighted by molar-refractivity contribution is 6.22. The summed E-state index contributed by atoms with van der Waals surface area (Å²) in [7, 11) is 2.02. The van der Waals surface area contributed by atoms with E-state index < -0.39 is 0 Å². The van der Waals surface area contributed by atoms with Gasteiger partial charge in [0.15, 0.2) is 5.78 Å². The van der Waals surface area contributed by atoms with Gasteiger partial charge in [-0.2, -0.15) is 0 Å². The van der Waals surface area contributed by atoms with Crippen LogP contribution in [0.15, 0.2) is 36.2 Å². The number of nitrogens with zero attached hydrogens (tertiary/aromatic N) is 1. The van der Waals surface area contributed by atoms with E-state index in [-0.39, 0.29) is 5.78 Å². The van der Waals surface area contributed by atoms with Gasteiger partial charge in [-0.15, -0.1) is 0 Å². The number of benzene rings is 1. The van der Waals surface area contributed by atoms with Crippen molar-refractivity contribution in [2.24, 2.45) is 12.8 Å². The topological polar surface area (TPSA) is 48.0 Å². The van der Waals surface area contributed by atoms with Crippen molar-refractivity contribution >= 4 is 22.3 Å². The zero-order valence-corrected chi connectivity index (χ0v) is 10.4. The monoisotopic (exact) mass is 240 g/mol. The van der Waals surface area contributed by atoms with Gasteiger partial charge >= 0.3 is 0 Å². The van der Waals surface area contributed by atoms with E-state index in [4.69, 9.17) is 5.73 Å². The summed E-state index contributed by atoms with van der Waals surface area (Å²) in [4.78, 5) is 12.0. The maximum Gasteiger partial charge on any atom is 0.165 e. The molecule has 0 unspecified atom stereocenters. The van der Waals surface area contributed by atoms with Gasteiger partial charge in [0.05, 0.1) is 0 Å². The molecule has 0 spiro atoms. The largest absolute Gasteiger partial charge is 0.401 e. The van der Waals surface area contributed by atoms with Crippen molar-refractivity contribution in [1.82, 2.24) is 4.57 Å². The molecule has 2 N–H and O–H groups in total. The predicted molar refractivity (Wildman–Crippen MR) is 72.9 cm³/mol. The lowest BCUT2D eigenvalue weighted by Crippen LogP contribution is -2.15. The van der Waals surface area contributed by atoms with E-state index in [9.17, 15) is 4.79 Å². The Bertz CT molecular complexity index is 664. The Balaban J connectivity index is 2.17. The number of fused-ring (bicyclic) bond motifs is 1. The van der Waals surface area contributed by atoms with Gasteiger partial charge in [0.2, 0.25) is 0 Å². The lowest BCUT2D eigenvalue weighted by Gasteiger charge is -2.16. The standard InChI is InChI=1S/C15H16N2O/c1-17-8-7-10-9-11(5-6-13(10)17)15-12(16)3-2-4-14(15)18/h5-9H,2-4,16H2,1H3. The van der Waals surface area contributed by atoms with Gasteiger partial charge in [-0.1, -0.05) is 6.07 Å². The summed E-state index contributed by atoms with van der Waals surface area (Å²) in [5.41, 5.74) is 9.59. The summed E-state index contributed by atoms with van der Waals surface area (Å²) in [6, 6.07) is 8.16. The number of nitrogens with two attached hydrogens (primary N) is 1. The number of carbonyl (C=O) groups is 1. The molecule has 0 radical (unpaired) electrons. The van der Waals surface area contributed by atoms with Crippen molar-refractivity contribution in [3.05, 3.63) is 41.7 Å². The average Bonchev–Trinajstić information content (AvgIpc) is 2.71. The summed E-state index contributed by atoms with van der Waals surface area (Å²) >= 11 is 0. The first-order valence-corrected chi connectivity index (χ1v) is 6.24. The highest BCUT2D eigenvalue weighted by Gasteiger charge is 2.20. The summed E-state index contributed by atoms with van der Waals surface area (Å²) < 4.78 is 2.07. The molecule has 0 atom stereocenters. The molecular weight excluding hydrogens is 224 g/mol. The zero-order valence-electron chi connectivity index (χ0n) is 10.4. The third kappa shape index (κ3) is 1.63. The van der Waals surface area contributed by atoms with E-state index >= 15 is 0 Å². The summed E-state index contributed by atoms with van der Waals surface area (Å²) in [5.74, 6) is 0.175. The van der Waals surface area contributed by atoms with Crippen LogP contribution < -0.4 is 5.73 Å². The number of carbonyl (C=O) groups excluding carboxylic acids is 1. The minimum atomic E-state index is 0.175. The van der Waals surface area contributed by atoms with Crippen LogP contribution in [0.3, 0.4) is 0 Å². The molecule has 3 rings (SSSR count). The SMILES string of the molecule is Cn1ccc2cc(C3=C(N)CCCC3=O)ccc21. The lowest BCUT2D eigenvalue weighted by molar-refractivity contribution is -0.114. The van der Waals surface area contributed by atoms with Crippen LogP contribution in [0.5, 0.6) is 0 Å². The summed E-state index contributed by atoms with van der Waals surface area (Å²) in [6.07, 6.45) is 4.34. The molecule has 92 valence electrons. The number of ketones is 1. The fraction of sp³-hybridized carbons (Fsp3) is 0.267. The zero-order chi connectivity index (χ0) is 12.7. The first-order chi connectivity index (χ1) is 8.66. The highest BCUT2D eigenvalue weighted by Crippen LogP contribution is 2.29. The summed E-state index contributed by atoms with van der Waals surface area (Å²) in [6.45, 7) is 0. The highest BCUT2D eigenvalue weighted by atomic mass is 16.1. The fourth-order valence-corrected chi connectivity index (χ4v) is 2.65. The number of hydrogen-bond acceptors (Lipinski definition) is 2. The minimum absolute atomic E-state index is 0.175. The Morgan fingerprint density at radius 3 is 2.83 bits per heavy atom. The average molecular weight is 240 g/mol. The maximum atomic E-state index is 12.0. The molecule has 0 aliphatic heterocycles. The molecule has 1 aromatic heterocycles. The second kappa shape index (κ2) is 4.02. The molecule has 0 amide bonds. The maximum absolute atomic E-state index is 12.0. The second-order valence-corrected chi connectivity index (χ2v) is 4.88. The number of aryl methyl sites for hydroxylation is 1. The van der Waals surface area contributed by atoms with Gasteiger partial charge in [-0.25, -0.2) is 0 Å². The van der Waals surface area contributed by atoms with E-state index in [0.717, 1.165) is 35.1 Å². The third-order valence-electron chi connectivity index (χ3n) is 3.62. The molecule has 0 saturated carbocycles. The molecule has 3 heteroatoms. The molecule has 0 fully saturated rings. The Morgan fingerprint density at radius 2 is 2.06 bits per heavy atom. The Morgan fingerprint density at radius 1 is 1.22 bits per heavy atom. The molecule has 3 nitrogen and oxygen atoms in total. The Labute approximate surface area is 106 Å². The normalized spacial score (nSPS) is 16.6. The van der Waals surface area contributed by atoms with Crippen molar-refractivity contribution in [3.63, 3.8) is 0 Å². The first kappa shape index (κ1) is 11.1. The minimum Gasteiger partial charge on any atom is -0.401 e. The van der Waals surface area contributed by atoms with Gasteiger partial charge in [-0.3, -0.25) is 4.79 Å². The lowest BCUT2D eigenvalue weighted by atomic mass is 9.90. The van der Waals surface area contributed by atoms with Crippen LogP contribution in [0.25, 0.3) is 16.5 Å². The van der Waals surface area contributed by atoms with Crippen molar-refractivity contribution < 1.29 is 4.79 Å². The Hall–Kier alpha value is -2.03. The van der Waals surface area contributed by atoms with E-state index in [1.165, 1.54) is 5.52 Å². The van der Waals surface area contributed by atoms with Gasteiger partial charge in [0, 0.05) is 41.8 Å². The van der Waals surface area contributed by atoms with Crippen LogP contribution in [0.1, 0.15) is 24.8 Å². The number of hydrogen-bond donors (Lipinski definition) is 1. The number of Topliss-reactive ketones (excluding diaryl/α,β-unsaturated/α-hetero) is 1. The van der Waals surface area contributed by atoms with Crippen molar-refractivity contribution in [1.29, 1.82) is 0 Å². The third-order valence-corrected chi connectivity index (χ3v) is 3.62. The molecule has 1 heterocycles. The van der Waals surface area contributed by atoms with Crippen molar-refractivity contribution in [3.8, 4) is 0 Å². The predicted octanol–water partition coefficient (Wildman–Crippen LogP) is 2.60.